The first kappa shape index (κ1) is 15.8. The molecule has 0 aliphatic carbocycles. The summed E-state index contributed by atoms with van der Waals surface area (Å²) in [4.78, 5) is 0. The van der Waals surface area contributed by atoms with Gasteiger partial charge in [0.2, 0.25) is 16.3 Å². The second-order valence-electron chi connectivity index (χ2n) is 1.80. The summed E-state index contributed by atoms with van der Waals surface area (Å²) in [5, 5.41) is 1.44. The van der Waals surface area contributed by atoms with Crippen molar-refractivity contribution in [2.45, 2.75) is 19.1 Å². The highest BCUT2D eigenvalue weighted by molar-refractivity contribution is 8.93. The molecular weight excluding hydrogens is 235 g/mol. The highest BCUT2D eigenvalue weighted by atomic mass is 79.9. The predicted molar refractivity (Wildman–Crippen MR) is 48.8 cm³/mol. The Bertz CT molecular complexity index is 23.7. The van der Waals surface area contributed by atoms with Gasteiger partial charge in [-0.3, -0.25) is 0 Å². The van der Waals surface area contributed by atoms with Crippen LogP contribution in [-0.2, 0) is 0 Å². The second-order valence-corrected chi connectivity index (χ2v) is 2.62. The van der Waals surface area contributed by atoms with E-state index in [-0.39, 0.29) is 34.0 Å². The molecule has 0 rings (SSSR count). The number of hydrogen-bond acceptors (Lipinski definition) is 0. The molecule has 0 amide bonds. The van der Waals surface area contributed by atoms with Gasteiger partial charge in [0.1, 0.15) is 0 Å². The minimum atomic E-state index is 0. The van der Waals surface area contributed by atoms with Crippen molar-refractivity contribution in [3.05, 3.63) is 0 Å². The topological polar surface area (TPSA) is 0 Å². The molecule has 0 bridgehead atoms. The van der Waals surface area contributed by atoms with Crippen LogP contribution in [0.3, 0.4) is 0 Å². The van der Waals surface area contributed by atoms with Gasteiger partial charge in [-0.05, 0) is 0 Å². The molecule has 0 spiro atoms. The molecular formula is C4H13AlBr2. The quantitative estimate of drug-likeness (QED) is 0.621. The molecule has 0 radical (unpaired) electrons. The molecule has 7 heavy (non-hydrogen) atoms. The van der Waals surface area contributed by atoms with Gasteiger partial charge in [0.15, 0.2) is 0 Å². The van der Waals surface area contributed by atoms with Crippen LogP contribution in [0.4, 0.5) is 0 Å². The zero-order valence-corrected chi connectivity index (χ0v) is 10.5. The molecule has 0 aromatic heterocycles. The van der Waals surface area contributed by atoms with E-state index in [0.29, 0.717) is 0 Å². The zero-order valence-electron chi connectivity index (χ0n) is 5.10. The minimum Gasteiger partial charge on any atom is -0.114 e. The van der Waals surface area contributed by atoms with Crippen molar-refractivity contribution in [2.75, 3.05) is 0 Å². The van der Waals surface area contributed by atoms with Gasteiger partial charge in [0, 0.05) is 0 Å². The highest BCUT2D eigenvalue weighted by Crippen LogP contribution is 1.92. The van der Waals surface area contributed by atoms with Crippen LogP contribution in [0.2, 0.25) is 5.28 Å². The summed E-state index contributed by atoms with van der Waals surface area (Å²) in [5.41, 5.74) is 0. The summed E-state index contributed by atoms with van der Waals surface area (Å²) in [6.07, 6.45) is 0. The normalized spacial score (nSPS) is 6.71. The van der Waals surface area contributed by atoms with Crippen LogP contribution >= 0.6 is 34.0 Å². The maximum Gasteiger partial charge on any atom is 0.212 e. The van der Waals surface area contributed by atoms with E-state index >= 15 is 0 Å². The first-order chi connectivity index (χ1) is 2.27. The van der Waals surface area contributed by atoms with E-state index in [1.165, 1.54) is 21.6 Å². The lowest BCUT2D eigenvalue weighted by Crippen LogP contribution is -1.80. The Hall–Kier alpha value is 1.49. The van der Waals surface area contributed by atoms with E-state index in [9.17, 15) is 0 Å². The van der Waals surface area contributed by atoms with E-state index in [1.807, 2.05) is 0 Å². The largest absolute Gasteiger partial charge is 0.212 e. The Kier molecular flexibility index (Phi) is 23.6. The van der Waals surface area contributed by atoms with Crippen LogP contribution in [0.1, 0.15) is 13.8 Å². The third-order valence-corrected chi connectivity index (χ3v) is 2.45. The molecule has 0 saturated heterocycles. The molecule has 0 atom stereocenters. The first-order valence-corrected chi connectivity index (χ1v) is 3.68. The van der Waals surface area contributed by atoms with Gasteiger partial charge >= 0.3 is 0 Å². The Balaban J connectivity index is -0.0000000800. The SMILES string of the molecule is Br.Br.CC(C)[CH2][AlH2]. The smallest absolute Gasteiger partial charge is 0.114 e. The van der Waals surface area contributed by atoms with Crippen LogP contribution in [0.5, 0.6) is 0 Å². The fourth-order valence-corrected chi connectivity index (χ4v) is 0. The zero-order chi connectivity index (χ0) is 4.28. The van der Waals surface area contributed by atoms with Gasteiger partial charge in [-0.1, -0.05) is 25.0 Å². The number of rotatable bonds is 1. The van der Waals surface area contributed by atoms with Crippen LogP contribution in [-0.4, -0.2) is 16.3 Å². The summed E-state index contributed by atoms with van der Waals surface area (Å²) < 4.78 is 0. The molecule has 0 aromatic rings. The van der Waals surface area contributed by atoms with Crippen molar-refractivity contribution in [1.82, 2.24) is 0 Å². The van der Waals surface area contributed by atoms with Crippen molar-refractivity contribution in [3.8, 4) is 0 Å². The molecule has 0 fully saturated rings. The number of hydrogen-bond donors (Lipinski definition) is 0. The Morgan fingerprint density at radius 2 is 1.43 bits per heavy atom. The van der Waals surface area contributed by atoms with Crippen LogP contribution in [0.25, 0.3) is 0 Å². The van der Waals surface area contributed by atoms with E-state index in [1.54, 1.807) is 0 Å². The fraction of sp³-hybridized carbons (Fsp3) is 1.00. The van der Waals surface area contributed by atoms with Crippen molar-refractivity contribution >= 4 is 50.3 Å². The standard InChI is InChI=1S/C4H9.Al.2BrH.2H/c1-4(2)3;;;;;/h4H,1H2,2-3H3;;2*1H;;. The lowest BCUT2D eigenvalue weighted by Gasteiger charge is -1.90. The van der Waals surface area contributed by atoms with E-state index < -0.39 is 0 Å². The van der Waals surface area contributed by atoms with Crippen molar-refractivity contribution in [3.63, 3.8) is 0 Å². The lowest BCUT2D eigenvalue weighted by atomic mass is 10.3. The van der Waals surface area contributed by atoms with Crippen LogP contribution < -0.4 is 0 Å². The molecule has 3 heteroatoms. The summed E-state index contributed by atoms with van der Waals surface area (Å²) in [5.74, 6) is 0.946. The third-order valence-electron chi connectivity index (χ3n) is 0.816. The van der Waals surface area contributed by atoms with Gasteiger partial charge in [-0.2, -0.15) is 0 Å². The monoisotopic (exact) mass is 246 g/mol. The van der Waals surface area contributed by atoms with Crippen molar-refractivity contribution < 1.29 is 0 Å². The molecule has 0 aromatic carbocycles. The molecule has 0 aliphatic heterocycles. The van der Waals surface area contributed by atoms with Gasteiger partial charge in [0.05, 0.1) is 0 Å². The maximum absolute atomic E-state index is 2.26. The number of halogens is 2. The van der Waals surface area contributed by atoms with E-state index in [2.05, 4.69) is 13.8 Å². The third kappa shape index (κ3) is 18.5. The van der Waals surface area contributed by atoms with Gasteiger partial charge in [0.25, 0.3) is 0 Å². The van der Waals surface area contributed by atoms with Crippen molar-refractivity contribution in [1.29, 1.82) is 0 Å². The second kappa shape index (κ2) is 10.5. The minimum absolute atomic E-state index is 0. The summed E-state index contributed by atoms with van der Waals surface area (Å²) >= 11 is 1.37. The first-order valence-electron chi connectivity index (χ1n) is 2.27. The Morgan fingerprint density at radius 3 is 1.43 bits per heavy atom. The molecule has 0 nitrogen and oxygen atoms in total. The maximum atomic E-state index is 2.26. The molecule has 0 N–H and O–H groups in total. The summed E-state index contributed by atoms with van der Waals surface area (Å²) in [6, 6.07) is 0. The van der Waals surface area contributed by atoms with E-state index in [4.69, 9.17) is 0 Å². The average molecular weight is 248 g/mol. The van der Waals surface area contributed by atoms with E-state index in [0.717, 1.165) is 5.92 Å². The van der Waals surface area contributed by atoms with Gasteiger partial charge < -0.3 is 0 Å². The van der Waals surface area contributed by atoms with Crippen LogP contribution in [0, 0.1) is 5.92 Å². The summed E-state index contributed by atoms with van der Waals surface area (Å²) in [6.45, 7) is 4.51. The molecule has 0 heterocycles. The van der Waals surface area contributed by atoms with Crippen LogP contribution in [0.15, 0.2) is 0 Å². The molecule has 0 saturated carbocycles. The molecule has 0 aliphatic rings. The van der Waals surface area contributed by atoms with Gasteiger partial charge in [-0.25, -0.2) is 0 Å². The highest BCUT2D eigenvalue weighted by Gasteiger charge is 1.80. The molecule has 0 unspecified atom stereocenters. The van der Waals surface area contributed by atoms with Gasteiger partial charge in [-0.15, -0.1) is 34.0 Å². The Morgan fingerprint density at radius 1 is 1.29 bits per heavy atom. The summed E-state index contributed by atoms with van der Waals surface area (Å²) in [7, 11) is 0. The Labute approximate surface area is 75.0 Å². The lowest BCUT2D eigenvalue weighted by molar-refractivity contribution is 0.735. The molecule has 46 valence electrons. The predicted octanol–water partition coefficient (Wildman–Crippen LogP) is 1.85. The fourth-order valence-electron chi connectivity index (χ4n) is 0. The average Bonchev–Trinajstić information content (AvgIpc) is 1.38. The van der Waals surface area contributed by atoms with Crippen molar-refractivity contribution in [2.24, 2.45) is 5.92 Å².